The summed E-state index contributed by atoms with van der Waals surface area (Å²) in [4.78, 5) is 25.9. The van der Waals surface area contributed by atoms with Crippen molar-refractivity contribution in [2.45, 2.75) is 44.2 Å². The second-order valence-corrected chi connectivity index (χ2v) is 6.30. The van der Waals surface area contributed by atoms with Crippen LogP contribution in [0.3, 0.4) is 0 Å². The maximum Gasteiger partial charge on any atom is 0.308 e. The minimum Gasteiger partial charge on any atom is -0.481 e. The van der Waals surface area contributed by atoms with Crippen LogP contribution in [0.4, 0.5) is 0 Å². The highest BCUT2D eigenvalue weighted by molar-refractivity contribution is 6.30. The summed E-state index contributed by atoms with van der Waals surface area (Å²) in [5, 5.41) is 10.2. The fourth-order valence-electron chi connectivity index (χ4n) is 3.20. The van der Waals surface area contributed by atoms with Gasteiger partial charge in [0.2, 0.25) is 5.91 Å². The molecule has 21 heavy (non-hydrogen) atoms. The fraction of sp³-hybridized carbons (Fsp3) is 0.500. The Bertz CT molecular complexity index is 553. The third-order valence-corrected chi connectivity index (χ3v) is 4.60. The van der Waals surface area contributed by atoms with Crippen LogP contribution in [0, 0.1) is 5.92 Å². The van der Waals surface area contributed by atoms with Crippen LogP contribution in [-0.4, -0.2) is 27.9 Å². The molecule has 1 aromatic rings. The Morgan fingerprint density at radius 1 is 1.19 bits per heavy atom. The Labute approximate surface area is 128 Å². The summed E-state index contributed by atoms with van der Waals surface area (Å²) in [6.45, 7) is 0. The number of hydrogen-bond donors (Lipinski definition) is 1. The van der Waals surface area contributed by atoms with Crippen LogP contribution in [0.25, 0.3) is 0 Å². The summed E-state index contributed by atoms with van der Waals surface area (Å²) in [5.41, 5.74) is 0.869. The molecule has 1 aromatic carbocycles. The van der Waals surface area contributed by atoms with Crippen LogP contribution in [-0.2, 0) is 9.59 Å². The lowest BCUT2D eigenvalue weighted by molar-refractivity contribution is -0.146. The number of amides is 1. The van der Waals surface area contributed by atoms with E-state index in [1.165, 1.54) is 0 Å². The Morgan fingerprint density at radius 3 is 2.43 bits per heavy atom. The number of aliphatic carboxylic acids is 1. The number of carbonyl (C=O) groups is 2. The summed E-state index contributed by atoms with van der Waals surface area (Å²) in [5.74, 6) is -1.28. The van der Waals surface area contributed by atoms with Gasteiger partial charge in [-0.3, -0.25) is 9.59 Å². The van der Waals surface area contributed by atoms with Gasteiger partial charge in [0.05, 0.1) is 12.0 Å². The lowest BCUT2D eigenvalue weighted by atomic mass is 9.89. The zero-order chi connectivity index (χ0) is 15.0. The molecule has 4 nitrogen and oxygen atoms in total. The van der Waals surface area contributed by atoms with Gasteiger partial charge in [-0.05, 0) is 43.4 Å². The first-order valence-electron chi connectivity index (χ1n) is 7.37. The largest absolute Gasteiger partial charge is 0.481 e. The van der Waals surface area contributed by atoms with Crippen LogP contribution in [0.15, 0.2) is 24.3 Å². The van der Waals surface area contributed by atoms with E-state index < -0.39 is 11.9 Å². The third-order valence-electron chi connectivity index (χ3n) is 4.34. The van der Waals surface area contributed by atoms with Crippen molar-refractivity contribution >= 4 is 23.5 Å². The van der Waals surface area contributed by atoms with E-state index in [4.69, 9.17) is 11.6 Å². The highest BCUT2D eigenvalue weighted by Crippen LogP contribution is 2.42. The lowest BCUT2D eigenvalue weighted by Crippen LogP contribution is -2.40. The Hall–Kier alpha value is -1.55. The standard InChI is InChI=1S/C16H18ClNO3/c17-11-6-4-10(5-7-11)15-13(16(20)21)2-1-3-14(19)18(15)12-8-9-12/h4-7,12-13,15H,1-3,8-9H2,(H,20,21). The second kappa shape index (κ2) is 5.68. The molecule has 2 unspecified atom stereocenters. The van der Waals surface area contributed by atoms with Gasteiger partial charge in [-0.15, -0.1) is 0 Å². The molecular formula is C16H18ClNO3. The number of hydrogen-bond acceptors (Lipinski definition) is 2. The summed E-state index contributed by atoms with van der Waals surface area (Å²) in [6.07, 6.45) is 3.58. The van der Waals surface area contributed by atoms with Crippen molar-refractivity contribution in [3.8, 4) is 0 Å². The van der Waals surface area contributed by atoms with Crippen molar-refractivity contribution in [3.05, 3.63) is 34.9 Å². The van der Waals surface area contributed by atoms with E-state index in [0.29, 0.717) is 24.3 Å². The zero-order valence-electron chi connectivity index (χ0n) is 11.7. The van der Waals surface area contributed by atoms with Gasteiger partial charge < -0.3 is 10.0 Å². The van der Waals surface area contributed by atoms with Gasteiger partial charge in [0.15, 0.2) is 0 Å². The van der Waals surface area contributed by atoms with Crippen LogP contribution in [0.2, 0.25) is 5.02 Å². The van der Waals surface area contributed by atoms with E-state index in [9.17, 15) is 14.7 Å². The molecule has 1 N–H and O–H groups in total. The second-order valence-electron chi connectivity index (χ2n) is 5.87. The molecule has 5 heteroatoms. The Morgan fingerprint density at radius 2 is 1.86 bits per heavy atom. The topological polar surface area (TPSA) is 57.6 Å². The number of carboxylic acids is 1. The lowest BCUT2D eigenvalue weighted by Gasteiger charge is -2.34. The van der Waals surface area contributed by atoms with E-state index in [2.05, 4.69) is 0 Å². The molecule has 0 aromatic heterocycles. The number of likely N-dealkylation sites (tertiary alicyclic amines) is 1. The quantitative estimate of drug-likeness (QED) is 0.932. The predicted octanol–water partition coefficient (Wildman–Crippen LogP) is 3.26. The molecule has 1 aliphatic heterocycles. The molecule has 0 radical (unpaired) electrons. The number of carboxylic acid groups (broad SMARTS) is 1. The Kier molecular flexibility index (Phi) is 3.89. The van der Waals surface area contributed by atoms with Gasteiger partial charge in [-0.2, -0.15) is 0 Å². The van der Waals surface area contributed by atoms with Crippen LogP contribution in [0.5, 0.6) is 0 Å². The summed E-state index contributed by atoms with van der Waals surface area (Å²) in [6, 6.07) is 7.04. The molecule has 0 spiro atoms. The van der Waals surface area contributed by atoms with Crippen molar-refractivity contribution in [1.82, 2.24) is 4.90 Å². The zero-order valence-corrected chi connectivity index (χ0v) is 12.4. The van der Waals surface area contributed by atoms with Gasteiger partial charge in [-0.1, -0.05) is 23.7 Å². The predicted molar refractivity (Wildman–Crippen MR) is 79.0 cm³/mol. The molecule has 3 rings (SSSR count). The summed E-state index contributed by atoms with van der Waals surface area (Å²) in [7, 11) is 0. The first-order valence-corrected chi connectivity index (χ1v) is 7.75. The first kappa shape index (κ1) is 14.4. The molecule has 1 amide bonds. The van der Waals surface area contributed by atoms with Crippen LogP contribution in [0.1, 0.15) is 43.7 Å². The van der Waals surface area contributed by atoms with E-state index >= 15 is 0 Å². The van der Waals surface area contributed by atoms with Crippen LogP contribution < -0.4 is 0 Å². The van der Waals surface area contributed by atoms with E-state index in [0.717, 1.165) is 18.4 Å². The molecular weight excluding hydrogens is 290 g/mol. The van der Waals surface area contributed by atoms with Crippen molar-refractivity contribution in [2.75, 3.05) is 0 Å². The van der Waals surface area contributed by atoms with E-state index in [1.807, 2.05) is 17.0 Å². The van der Waals surface area contributed by atoms with Crippen molar-refractivity contribution in [3.63, 3.8) is 0 Å². The smallest absolute Gasteiger partial charge is 0.308 e. The van der Waals surface area contributed by atoms with Gasteiger partial charge in [0.25, 0.3) is 0 Å². The van der Waals surface area contributed by atoms with Gasteiger partial charge in [0, 0.05) is 17.5 Å². The third kappa shape index (κ3) is 2.91. The minimum absolute atomic E-state index is 0.0844. The number of carbonyl (C=O) groups excluding carboxylic acids is 1. The number of nitrogens with zero attached hydrogens (tertiary/aromatic N) is 1. The Balaban J connectivity index is 2.03. The highest BCUT2D eigenvalue weighted by atomic mass is 35.5. The van der Waals surface area contributed by atoms with Gasteiger partial charge >= 0.3 is 5.97 Å². The van der Waals surface area contributed by atoms with Crippen LogP contribution >= 0.6 is 11.6 Å². The maximum atomic E-state index is 12.4. The molecule has 1 aliphatic carbocycles. The maximum absolute atomic E-state index is 12.4. The van der Waals surface area contributed by atoms with Gasteiger partial charge in [-0.25, -0.2) is 0 Å². The van der Waals surface area contributed by atoms with Crippen molar-refractivity contribution in [2.24, 2.45) is 5.92 Å². The van der Waals surface area contributed by atoms with Crippen molar-refractivity contribution < 1.29 is 14.7 Å². The summed E-state index contributed by atoms with van der Waals surface area (Å²) >= 11 is 5.92. The molecule has 2 aliphatic rings. The SMILES string of the molecule is O=C(O)C1CCCC(=O)N(C2CC2)C1c1ccc(Cl)cc1. The van der Waals surface area contributed by atoms with Gasteiger partial charge in [0.1, 0.15) is 0 Å². The molecule has 112 valence electrons. The monoisotopic (exact) mass is 307 g/mol. The normalized spacial score (nSPS) is 26.5. The highest BCUT2D eigenvalue weighted by Gasteiger charge is 2.44. The molecule has 1 heterocycles. The first-order chi connectivity index (χ1) is 10.1. The number of benzene rings is 1. The van der Waals surface area contributed by atoms with E-state index in [1.54, 1.807) is 12.1 Å². The number of halogens is 1. The minimum atomic E-state index is -0.824. The molecule has 1 saturated heterocycles. The van der Waals surface area contributed by atoms with E-state index in [-0.39, 0.29) is 18.0 Å². The number of rotatable bonds is 3. The summed E-state index contributed by atoms with van der Waals surface area (Å²) < 4.78 is 0. The average Bonchev–Trinajstić information content (AvgIpc) is 3.26. The fourth-order valence-corrected chi connectivity index (χ4v) is 3.33. The molecule has 2 atom stereocenters. The average molecular weight is 308 g/mol. The molecule has 1 saturated carbocycles. The molecule has 2 fully saturated rings. The molecule has 0 bridgehead atoms. The van der Waals surface area contributed by atoms with Crippen molar-refractivity contribution in [1.29, 1.82) is 0 Å².